The van der Waals surface area contributed by atoms with Gasteiger partial charge in [-0.05, 0) is 0 Å². The van der Waals surface area contributed by atoms with Crippen molar-refractivity contribution in [2.75, 3.05) is 20.3 Å². The summed E-state index contributed by atoms with van der Waals surface area (Å²) in [6, 6.07) is -0.742. The summed E-state index contributed by atoms with van der Waals surface area (Å²) in [5.74, 6) is -0.574. The largest absolute Gasteiger partial charge is 0.394 e. The Balaban J connectivity index is 2.13. The Labute approximate surface area is 108 Å². The van der Waals surface area contributed by atoms with Crippen molar-refractivity contribution in [2.24, 2.45) is 0 Å². The fourth-order valence-corrected chi connectivity index (χ4v) is 2.14. The number of nitrogens with one attached hydrogen (secondary N) is 1. The Kier molecular flexibility index (Phi) is 4.02. The third-order valence-electron chi connectivity index (χ3n) is 3.25. The molecule has 0 radical (unpaired) electrons. The molecule has 2 rings (SSSR count). The normalized spacial score (nSPS) is 39.6. The van der Waals surface area contributed by atoms with E-state index in [1.807, 2.05) is 0 Å². The van der Waals surface area contributed by atoms with Gasteiger partial charge in [-0.25, -0.2) is 4.79 Å². The van der Waals surface area contributed by atoms with E-state index in [9.17, 15) is 19.8 Å². The molecule has 0 aromatic carbocycles. The molecular formula is C10H16N2O7. The van der Waals surface area contributed by atoms with Crippen molar-refractivity contribution in [1.82, 2.24) is 10.2 Å². The summed E-state index contributed by atoms with van der Waals surface area (Å²) in [4.78, 5) is 24.1. The average Bonchev–Trinajstić information content (AvgIpc) is 2.67. The van der Waals surface area contributed by atoms with Crippen molar-refractivity contribution in [3.8, 4) is 0 Å². The Morgan fingerprint density at radius 2 is 2.11 bits per heavy atom. The fraction of sp³-hybridized carbons (Fsp3) is 0.800. The summed E-state index contributed by atoms with van der Waals surface area (Å²) in [6.45, 7) is -0.593. The van der Waals surface area contributed by atoms with Crippen molar-refractivity contribution < 1.29 is 34.4 Å². The van der Waals surface area contributed by atoms with Gasteiger partial charge in [0, 0.05) is 7.11 Å². The van der Waals surface area contributed by atoms with Gasteiger partial charge in [0.15, 0.2) is 12.3 Å². The third kappa shape index (κ3) is 2.42. The second kappa shape index (κ2) is 5.39. The smallest absolute Gasteiger partial charge is 0.326 e. The maximum atomic E-state index is 11.7. The van der Waals surface area contributed by atoms with Crippen molar-refractivity contribution in [1.29, 1.82) is 0 Å². The van der Waals surface area contributed by atoms with E-state index < -0.39 is 49.2 Å². The first-order chi connectivity index (χ1) is 8.99. The molecule has 0 aromatic rings. The Hall–Kier alpha value is -1.26. The summed E-state index contributed by atoms with van der Waals surface area (Å²) in [5.41, 5.74) is 0. The number of ether oxygens (including phenoxy) is 2. The minimum atomic E-state index is -1.37. The van der Waals surface area contributed by atoms with Gasteiger partial charge < -0.3 is 24.8 Å². The zero-order valence-corrected chi connectivity index (χ0v) is 10.2. The zero-order chi connectivity index (χ0) is 14.2. The van der Waals surface area contributed by atoms with Gasteiger partial charge in [0.25, 0.3) is 5.91 Å². The number of carbonyl (C=O) groups excluding carboxylic acids is 2. The monoisotopic (exact) mass is 276 g/mol. The number of imide groups is 1. The van der Waals surface area contributed by atoms with Crippen LogP contribution in [0.2, 0.25) is 0 Å². The maximum absolute atomic E-state index is 11.7. The lowest BCUT2D eigenvalue weighted by atomic mass is 10.1. The number of aliphatic hydroxyl groups is 3. The lowest BCUT2D eigenvalue weighted by Gasteiger charge is -2.35. The molecule has 9 nitrogen and oxygen atoms in total. The average molecular weight is 276 g/mol. The van der Waals surface area contributed by atoms with E-state index in [0.717, 1.165) is 4.90 Å². The van der Waals surface area contributed by atoms with E-state index in [4.69, 9.17) is 14.6 Å². The lowest BCUT2D eigenvalue weighted by molar-refractivity contribution is -0.140. The quantitative estimate of drug-likeness (QED) is 0.432. The van der Waals surface area contributed by atoms with Crippen molar-refractivity contribution >= 4 is 11.9 Å². The second-order valence-corrected chi connectivity index (χ2v) is 4.40. The van der Waals surface area contributed by atoms with Crippen LogP contribution in [-0.2, 0) is 14.3 Å². The second-order valence-electron chi connectivity index (χ2n) is 4.40. The molecule has 3 amide bonds. The van der Waals surface area contributed by atoms with Gasteiger partial charge in [-0.15, -0.1) is 0 Å². The number of carbonyl (C=O) groups is 2. The minimum absolute atomic E-state index is 0.103. The number of urea groups is 1. The maximum Gasteiger partial charge on any atom is 0.326 e. The number of hydrogen-bond donors (Lipinski definition) is 4. The predicted molar refractivity (Wildman–Crippen MR) is 58.8 cm³/mol. The van der Waals surface area contributed by atoms with Gasteiger partial charge in [-0.3, -0.25) is 15.0 Å². The van der Waals surface area contributed by atoms with Crippen LogP contribution >= 0.6 is 0 Å². The molecule has 108 valence electrons. The molecule has 0 bridgehead atoms. The van der Waals surface area contributed by atoms with Gasteiger partial charge in [0.05, 0.1) is 13.2 Å². The predicted octanol–water partition coefficient (Wildman–Crippen LogP) is -3.01. The summed E-state index contributed by atoms with van der Waals surface area (Å²) < 4.78 is 10.1. The highest BCUT2D eigenvalue weighted by Crippen LogP contribution is 2.25. The topological polar surface area (TPSA) is 129 Å². The highest BCUT2D eigenvalue weighted by molar-refractivity contribution is 5.99. The first-order valence-electron chi connectivity index (χ1n) is 5.76. The molecule has 2 aliphatic rings. The Morgan fingerprint density at radius 1 is 1.42 bits per heavy atom. The summed E-state index contributed by atoms with van der Waals surface area (Å²) in [7, 11) is 1.32. The molecular weight excluding hydrogens is 260 g/mol. The Morgan fingerprint density at radius 3 is 2.63 bits per heavy atom. The summed E-state index contributed by atoms with van der Waals surface area (Å²) >= 11 is 0. The molecule has 5 atom stereocenters. The van der Waals surface area contributed by atoms with Crippen LogP contribution in [0.5, 0.6) is 0 Å². The van der Waals surface area contributed by atoms with Crippen LogP contribution < -0.4 is 5.32 Å². The molecule has 2 aliphatic heterocycles. The van der Waals surface area contributed by atoms with Crippen LogP contribution in [0, 0.1) is 0 Å². The SMILES string of the molecule is COC1CN(C2OC(CO)C(O)C2O)C(=O)NC1=O. The molecule has 0 saturated carbocycles. The summed E-state index contributed by atoms with van der Waals surface area (Å²) in [5, 5.41) is 30.5. The highest BCUT2D eigenvalue weighted by Gasteiger charge is 2.49. The lowest BCUT2D eigenvalue weighted by Crippen LogP contribution is -2.62. The number of methoxy groups -OCH3 is 1. The number of nitrogens with zero attached hydrogens (tertiary/aromatic N) is 1. The molecule has 0 spiro atoms. The van der Waals surface area contributed by atoms with Gasteiger partial charge in [0.1, 0.15) is 18.3 Å². The van der Waals surface area contributed by atoms with Gasteiger partial charge >= 0.3 is 6.03 Å². The fourth-order valence-electron chi connectivity index (χ4n) is 2.14. The zero-order valence-electron chi connectivity index (χ0n) is 10.2. The van der Waals surface area contributed by atoms with Crippen LogP contribution in [0.1, 0.15) is 0 Å². The van der Waals surface area contributed by atoms with Gasteiger partial charge in [-0.2, -0.15) is 0 Å². The van der Waals surface area contributed by atoms with E-state index in [-0.39, 0.29) is 6.54 Å². The number of aliphatic hydroxyl groups excluding tert-OH is 3. The van der Waals surface area contributed by atoms with E-state index in [2.05, 4.69) is 5.32 Å². The van der Waals surface area contributed by atoms with Crippen LogP contribution in [0.3, 0.4) is 0 Å². The molecule has 2 heterocycles. The van der Waals surface area contributed by atoms with Crippen LogP contribution in [0.15, 0.2) is 0 Å². The van der Waals surface area contributed by atoms with Crippen LogP contribution in [-0.4, -0.2) is 83.1 Å². The van der Waals surface area contributed by atoms with E-state index in [0.29, 0.717) is 0 Å². The minimum Gasteiger partial charge on any atom is -0.394 e. The number of hydrogen-bond acceptors (Lipinski definition) is 7. The van der Waals surface area contributed by atoms with Crippen molar-refractivity contribution in [2.45, 2.75) is 30.6 Å². The first-order valence-corrected chi connectivity index (χ1v) is 5.76. The van der Waals surface area contributed by atoms with Crippen molar-refractivity contribution in [3.63, 3.8) is 0 Å². The molecule has 0 aliphatic carbocycles. The molecule has 9 heteroatoms. The van der Waals surface area contributed by atoms with Crippen LogP contribution in [0.25, 0.3) is 0 Å². The highest BCUT2D eigenvalue weighted by atomic mass is 16.6. The molecule has 19 heavy (non-hydrogen) atoms. The van der Waals surface area contributed by atoms with Crippen molar-refractivity contribution in [3.05, 3.63) is 0 Å². The van der Waals surface area contributed by atoms with E-state index >= 15 is 0 Å². The molecule has 5 unspecified atom stereocenters. The molecule has 2 saturated heterocycles. The summed E-state index contributed by atoms with van der Waals surface area (Å²) in [6.07, 6.45) is -5.67. The third-order valence-corrected chi connectivity index (χ3v) is 3.25. The van der Waals surface area contributed by atoms with E-state index in [1.54, 1.807) is 0 Å². The van der Waals surface area contributed by atoms with Gasteiger partial charge in [0.2, 0.25) is 0 Å². The molecule has 0 aromatic heterocycles. The van der Waals surface area contributed by atoms with E-state index in [1.165, 1.54) is 7.11 Å². The first kappa shape index (κ1) is 14.2. The molecule has 2 fully saturated rings. The number of amides is 3. The number of rotatable bonds is 3. The van der Waals surface area contributed by atoms with Gasteiger partial charge in [-0.1, -0.05) is 0 Å². The molecule has 4 N–H and O–H groups in total. The van der Waals surface area contributed by atoms with Crippen LogP contribution in [0.4, 0.5) is 4.79 Å². The standard InChI is InChI=1S/C10H16N2O7/c1-18-4-2-12(10(17)11-8(4)16)9-7(15)6(14)5(3-13)19-9/h4-7,9,13-15H,2-3H2,1H3,(H,11,16,17). The Bertz CT molecular complexity index is 377.